The van der Waals surface area contributed by atoms with Gasteiger partial charge in [0.15, 0.2) is 0 Å². The van der Waals surface area contributed by atoms with Gasteiger partial charge < -0.3 is 20.5 Å². The highest BCUT2D eigenvalue weighted by Crippen LogP contribution is 2.12. The summed E-state index contributed by atoms with van der Waals surface area (Å²) < 4.78 is 4.85. The SMILES string of the molecule is COCCC(N)C(=O)N(C)C(C)(C)CO. The molecular formula is C10H22N2O3. The zero-order valence-electron chi connectivity index (χ0n) is 9.99. The number of ether oxygens (including phenoxy) is 1. The quantitative estimate of drug-likeness (QED) is 0.635. The van der Waals surface area contributed by atoms with Crippen LogP contribution in [0.1, 0.15) is 20.3 Å². The molecule has 1 unspecified atom stereocenters. The van der Waals surface area contributed by atoms with Gasteiger partial charge in [0.05, 0.1) is 18.2 Å². The predicted octanol–water partition coefficient (Wildman–Crippen LogP) is -0.420. The van der Waals surface area contributed by atoms with E-state index in [-0.39, 0.29) is 12.5 Å². The third kappa shape index (κ3) is 4.15. The lowest BCUT2D eigenvalue weighted by Gasteiger charge is -2.35. The van der Waals surface area contributed by atoms with Crippen LogP contribution in [-0.4, -0.2) is 54.9 Å². The molecule has 5 nitrogen and oxygen atoms in total. The third-order valence-electron chi connectivity index (χ3n) is 2.58. The normalized spacial score (nSPS) is 13.7. The molecule has 0 aliphatic carbocycles. The van der Waals surface area contributed by atoms with E-state index in [9.17, 15) is 4.79 Å². The molecule has 1 amide bonds. The molecule has 0 heterocycles. The highest BCUT2D eigenvalue weighted by Gasteiger charge is 2.29. The van der Waals surface area contributed by atoms with E-state index < -0.39 is 11.6 Å². The maximum absolute atomic E-state index is 11.8. The number of carbonyl (C=O) groups excluding carboxylic acids is 1. The van der Waals surface area contributed by atoms with Crippen molar-refractivity contribution in [2.45, 2.75) is 31.8 Å². The first-order valence-electron chi connectivity index (χ1n) is 5.00. The molecule has 0 rings (SSSR count). The minimum absolute atomic E-state index is 0.0910. The molecule has 0 spiro atoms. The second kappa shape index (κ2) is 6.05. The fourth-order valence-corrected chi connectivity index (χ4v) is 1.02. The van der Waals surface area contributed by atoms with E-state index >= 15 is 0 Å². The minimum Gasteiger partial charge on any atom is -0.394 e. The average molecular weight is 218 g/mol. The van der Waals surface area contributed by atoms with E-state index in [2.05, 4.69) is 0 Å². The Morgan fingerprint density at radius 1 is 1.60 bits per heavy atom. The van der Waals surface area contributed by atoms with Gasteiger partial charge in [-0.15, -0.1) is 0 Å². The molecule has 0 saturated heterocycles. The fourth-order valence-electron chi connectivity index (χ4n) is 1.02. The van der Waals surface area contributed by atoms with Crippen molar-refractivity contribution in [2.75, 3.05) is 27.4 Å². The van der Waals surface area contributed by atoms with Crippen LogP contribution in [0.5, 0.6) is 0 Å². The average Bonchev–Trinajstić information content (AvgIpc) is 2.23. The number of methoxy groups -OCH3 is 1. The van der Waals surface area contributed by atoms with E-state index in [1.807, 2.05) is 0 Å². The smallest absolute Gasteiger partial charge is 0.239 e. The number of rotatable bonds is 6. The van der Waals surface area contributed by atoms with Gasteiger partial charge in [-0.1, -0.05) is 0 Å². The number of likely N-dealkylation sites (N-methyl/N-ethyl adjacent to an activating group) is 1. The number of nitrogens with zero attached hydrogens (tertiary/aromatic N) is 1. The van der Waals surface area contributed by atoms with Crippen LogP contribution in [0.3, 0.4) is 0 Å². The minimum atomic E-state index is -0.582. The summed E-state index contributed by atoms with van der Waals surface area (Å²) in [5, 5.41) is 9.11. The summed E-state index contributed by atoms with van der Waals surface area (Å²) in [5.74, 6) is -0.175. The molecule has 3 N–H and O–H groups in total. The van der Waals surface area contributed by atoms with Crippen LogP contribution in [0.15, 0.2) is 0 Å². The van der Waals surface area contributed by atoms with Crippen LogP contribution in [0.25, 0.3) is 0 Å². The summed E-state index contributed by atoms with van der Waals surface area (Å²) in [7, 11) is 3.21. The predicted molar refractivity (Wildman–Crippen MR) is 58.4 cm³/mol. The van der Waals surface area contributed by atoms with Gasteiger partial charge in [-0.3, -0.25) is 4.79 Å². The van der Waals surface area contributed by atoms with Gasteiger partial charge in [0.2, 0.25) is 5.91 Å². The Bertz CT molecular complexity index is 207. The molecule has 0 radical (unpaired) electrons. The summed E-state index contributed by atoms with van der Waals surface area (Å²) in [6, 6.07) is -0.569. The molecule has 0 saturated carbocycles. The molecule has 90 valence electrons. The Kier molecular flexibility index (Phi) is 5.79. The first kappa shape index (κ1) is 14.3. The summed E-state index contributed by atoms with van der Waals surface area (Å²) in [4.78, 5) is 13.3. The molecule has 1 atom stereocenters. The van der Waals surface area contributed by atoms with Crippen molar-refractivity contribution in [3.8, 4) is 0 Å². The first-order valence-corrected chi connectivity index (χ1v) is 5.00. The van der Waals surface area contributed by atoms with Crippen molar-refractivity contribution in [3.05, 3.63) is 0 Å². The van der Waals surface area contributed by atoms with Crippen LogP contribution in [-0.2, 0) is 9.53 Å². The lowest BCUT2D eigenvalue weighted by atomic mass is 10.0. The van der Waals surface area contributed by atoms with Gasteiger partial charge in [0, 0.05) is 20.8 Å². The summed E-state index contributed by atoms with van der Waals surface area (Å²) in [6.07, 6.45) is 0.487. The number of aliphatic hydroxyl groups excluding tert-OH is 1. The summed E-state index contributed by atoms with van der Waals surface area (Å²) >= 11 is 0. The highest BCUT2D eigenvalue weighted by molar-refractivity contribution is 5.82. The number of carbonyl (C=O) groups is 1. The van der Waals surface area contributed by atoms with Crippen LogP contribution in [0, 0.1) is 0 Å². The van der Waals surface area contributed by atoms with Gasteiger partial charge in [-0.25, -0.2) is 0 Å². The molecule has 0 aromatic heterocycles. The topological polar surface area (TPSA) is 75.8 Å². The van der Waals surface area contributed by atoms with E-state index in [1.54, 1.807) is 28.0 Å². The maximum Gasteiger partial charge on any atom is 0.239 e. The molecular weight excluding hydrogens is 196 g/mol. The van der Waals surface area contributed by atoms with Gasteiger partial charge in [0.25, 0.3) is 0 Å². The van der Waals surface area contributed by atoms with Crippen LogP contribution < -0.4 is 5.73 Å². The van der Waals surface area contributed by atoms with Crippen LogP contribution in [0.2, 0.25) is 0 Å². The number of amides is 1. The monoisotopic (exact) mass is 218 g/mol. The van der Waals surface area contributed by atoms with Crippen molar-refractivity contribution >= 4 is 5.91 Å². The molecule has 0 fully saturated rings. The van der Waals surface area contributed by atoms with E-state index in [4.69, 9.17) is 15.6 Å². The Balaban J connectivity index is 4.31. The van der Waals surface area contributed by atoms with Crippen molar-refractivity contribution in [1.29, 1.82) is 0 Å². The third-order valence-corrected chi connectivity index (χ3v) is 2.58. The zero-order valence-corrected chi connectivity index (χ0v) is 9.99. The van der Waals surface area contributed by atoms with Gasteiger partial charge in [-0.2, -0.15) is 0 Å². The van der Waals surface area contributed by atoms with Gasteiger partial charge >= 0.3 is 0 Å². The van der Waals surface area contributed by atoms with E-state index in [0.29, 0.717) is 13.0 Å². The summed E-state index contributed by atoms with van der Waals surface area (Å²) in [6.45, 7) is 3.94. The van der Waals surface area contributed by atoms with Gasteiger partial charge in [0.1, 0.15) is 0 Å². The number of hydrogen-bond acceptors (Lipinski definition) is 4. The standard InChI is InChI=1S/C10H22N2O3/c1-10(2,7-13)12(3)9(14)8(11)5-6-15-4/h8,13H,5-7,11H2,1-4H3. The van der Waals surface area contributed by atoms with Gasteiger partial charge in [-0.05, 0) is 20.3 Å². The first-order chi connectivity index (χ1) is 6.86. The molecule has 0 bridgehead atoms. The Morgan fingerprint density at radius 3 is 2.53 bits per heavy atom. The molecule has 0 aromatic rings. The summed E-state index contributed by atoms with van der Waals surface area (Å²) in [5.41, 5.74) is 5.12. The van der Waals surface area contributed by atoms with Crippen LogP contribution >= 0.6 is 0 Å². The fraction of sp³-hybridized carbons (Fsp3) is 0.900. The molecule has 0 aliphatic heterocycles. The van der Waals surface area contributed by atoms with Crippen molar-refractivity contribution in [1.82, 2.24) is 4.90 Å². The molecule has 0 aliphatic rings. The molecule has 5 heteroatoms. The molecule has 0 aromatic carbocycles. The molecule has 15 heavy (non-hydrogen) atoms. The second-order valence-electron chi connectivity index (χ2n) is 4.26. The highest BCUT2D eigenvalue weighted by atomic mass is 16.5. The maximum atomic E-state index is 11.8. The number of aliphatic hydroxyl groups is 1. The Labute approximate surface area is 91.2 Å². The lowest BCUT2D eigenvalue weighted by molar-refractivity contribution is -0.137. The number of nitrogens with two attached hydrogens (primary N) is 1. The largest absolute Gasteiger partial charge is 0.394 e. The van der Waals surface area contributed by atoms with E-state index in [0.717, 1.165) is 0 Å². The van der Waals surface area contributed by atoms with Crippen molar-refractivity contribution in [3.63, 3.8) is 0 Å². The van der Waals surface area contributed by atoms with Crippen molar-refractivity contribution in [2.24, 2.45) is 5.73 Å². The lowest BCUT2D eigenvalue weighted by Crippen LogP contribution is -2.53. The van der Waals surface area contributed by atoms with E-state index in [1.165, 1.54) is 4.90 Å². The Hall–Kier alpha value is -0.650. The van der Waals surface area contributed by atoms with Crippen LogP contribution in [0.4, 0.5) is 0 Å². The second-order valence-corrected chi connectivity index (χ2v) is 4.26. The number of hydrogen-bond donors (Lipinski definition) is 2. The Morgan fingerprint density at radius 2 is 2.13 bits per heavy atom. The van der Waals surface area contributed by atoms with Crippen molar-refractivity contribution < 1.29 is 14.6 Å². The zero-order chi connectivity index (χ0) is 12.1.